The highest BCUT2D eigenvalue weighted by Crippen LogP contribution is 2.23. The SMILES string of the molecule is CCCC(C)(N)C(=O)Nc1ccc(OC)cc1C(=O)O. The molecule has 0 saturated heterocycles. The number of benzene rings is 1. The zero-order valence-corrected chi connectivity index (χ0v) is 11.9. The molecule has 0 aliphatic heterocycles. The first kappa shape index (κ1) is 16.0. The van der Waals surface area contributed by atoms with Gasteiger partial charge < -0.3 is 20.9 Å². The van der Waals surface area contributed by atoms with Gasteiger partial charge in [-0.2, -0.15) is 0 Å². The molecule has 0 heterocycles. The van der Waals surface area contributed by atoms with Gasteiger partial charge in [0, 0.05) is 0 Å². The van der Waals surface area contributed by atoms with Gasteiger partial charge in [-0.05, 0) is 31.5 Å². The molecule has 6 heteroatoms. The first-order valence-electron chi connectivity index (χ1n) is 6.33. The molecular weight excluding hydrogens is 260 g/mol. The summed E-state index contributed by atoms with van der Waals surface area (Å²) >= 11 is 0. The number of nitrogens with two attached hydrogens (primary N) is 1. The Morgan fingerprint density at radius 2 is 2.10 bits per heavy atom. The summed E-state index contributed by atoms with van der Waals surface area (Å²) in [7, 11) is 1.44. The molecule has 1 rings (SSSR count). The smallest absolute Gasteiger partial charge is 0.337 e. The van der Waals surface area contributed by atoms with Crippen LogP contribution in [-0.4, -0.2) is 29.6 Å². The summed E-state index contributed by atoms with van der Waals surface area (Å²) in [6.45, 7) is 3.55. The minimum atomic E-state index is -1.14. The molecule has 1 aromatic rings. The number of amides is 1. The third-order valence-corrected chi connectivity index (χ3v) is 2.99. The van der Waals surface area contributed by atoms with Gasteiger partial charge in [0.15, 0.2) is 0 Å². The molecule has 0 spiro atoms. The van der Waals surface area contributed by atoms with Crippen molar-refractivity contribution in [2.45, 2.75) is 32.2 Å². The summed E-state index contributed by atoms with van der Waals surface area (Å²) in [6.07, 6.45) is 1.27. The summed E-state index contributed by atoms with van der Waals surface area (Å²) in [5.74, 6) is -1.15. The Morgan fingerprint density at radius 3 is 2.60 bits per heavy atom. The molecule has 110 valence electrons. The number of rotatable bonds is 6. The number of anilines is 1. The average molecular weight is 280 g/mol. The van der Waals surface area contributed by atoms with Gasteiger partial charge in [0.05, 0.1) is 23.9 Å². The first-order valence-corrected chi connectivity index (χ1v) is 6.33. The number of carbonyl (C=O) groups is 2. The standard InChI is InChI=1S/C14H20N2O4/c1-4-7-14(2,15)13(19)16-11-6-5-9(20-3)8-10(11)12(17)18/h5-6,8H,4,7,15H2,1-3H3,(H,16,19)(H,17,18). The molecule has 1 atom stereocenters. The van der Waals surface area contributed by atoms with E-state index in [0.29, 0.717) is 12.2 Å². The molecule has 0 bridgehead atoms. The average Bonchev–Trinajstić information content (AvgIpc) is 2.38. The molecule has 1 aromatic carbocycles. The predicted octanol–water partition coefficient (Wildman–Crippen LogP) is 1.85. The fourth-order valence-corrected chi connectivity index (χ4v) is 1.83. The van der Waals surface area contributed by atoms with Crippen LogP contribution in [0.2, 0.25) is 0 Å². The maximum Gasteiger partial charge on any atom is 0.337 e. The van der Waals surface area contributed by atoms with Crippen molar-refractivity contribution in [2.24, 2.45) is 5.73 Å². The van der Waals surface area contributed by atoms with E-state index in [-0.39, 0.29) is 11.3 Å². The van der Waals surface area contributed by atoms with Gasteiger partial charge in [-0.1, -0.05) is 13.3 Å². The lowest BCUT2D eigenvalue weighted by Crippen LogP contribution is -2.48. The van der Waals surface area contributed by atoms with Crippen LogP contribution in [0.25, 0.3) is 0 Å². The molecule has 4 N–H and O–H groups in total. The second-order valence-electron chi connectivity index (χ2n) is 4.84. The minimum absolute atomic E-state index is 0.0370. The Bertz CT molecular complexity index is 512. The molecule has 0 radical (unpaired) electrons. The van der Waals surface area contributed by atoms with Crippen LogP contribution in [0.1, 0.15) is 37.0 Å². The third kappa shape index (κ3) is 3.71. The monoisotopic (exact) mass is 280 g/mol. The number of carboxylic acid groups (broad SMARTS) is 1. The lowest BCUT2D eigenvalue weighted by molar-refractivity contribution is -0.120. The molecule has 0 aromatic heterocycles. The summed E-state index contributed by atoms with van der Waals surface area (Å²) in [6, 6.07) is 4.42. The Morgan fingerprint density at radius 1 is 1.45 bits per heavy atom. The molecule has 0 aliphatic rings. The highest BCUT2D eigenvalue weighted by molar-refractivity contribution is 6.03. The second-order valence-corrected chi connectivity index (χ2v) is 4.84. The summed E-state index contributed by atoms with van der Waals surface area (Å²) in [5, 5.41) is 11.7. The van der Waals surface area contributed by atoms with Crippen LogP contribution in [0.3, 0.4) is 0 Å². The largest absolute Gasteiger partial charge is 0.497 e. The Hall–Kier alpha value is -2.08. The summed E-state index contributed by atoms with van der Waals surface area (Å²) < 4.78 is 4.97. The van der Waals surface area contributed by atoms with Crippen molar-refractivity contribution in [3.05, 3.63) is 23.8 Å². The van der Waals surface area contributed by atoms with Crippen molar-refractivity contribution in [2.75, 3.05) is 12.4 Å². The van der Waals surface area contributed by atoms with E-state index in [9.17, 15) is 9.59 Å². The van der Waals surface area contributed by atoms with Gasteiger partial charge in [0.25, 0.3) is 0 Å². The third-order valence-electron chi connectivity index (χ3n) is 2.99. The molecule has 1 amide bonds. The van der Waals surface area contributed by atoms with Gasteiger partial charge in [-0.25, -0.2) is 4.79 Å². The van der Waals surface area contributed by atoms with E-state index in [1.54, 1.807) is 13.0 Å². The van der Waals surface area contributed by atoms with Crippen molar-refractivity contribution in [1.82, 2.24) is 0 Å². The number of ether oxygens (including phenoxy) is 1. The number of carboxylic acids is 1. The van der Waals surface area contributed by atoms with Crippen LogP contribution in [0, 0.1) is 0 Å². The summed E-state index contributed by atoms with van der Waals surface area (Å²) in [5.41, 5.74) is 5.05. The van der Waals surface area contributed by atoms with Crippen molar-refractivity contribution >= 4 is 17.6 Å². The van der Waals surface area contributed by atoms with E-state index in [0.717, 1.165) is 6.42 Å². The Labute approximate surface area is 117 Å². The normalized spacial score (nSPS) is 13.4. The highest BCUT2D eigenvalue weighted by atomic mass is 16.5. The maximum atomic E-state index is 12.1. The fraction of sp³-hybridized carbons (Fsp3) is 0.429. The van der Waals surface area contributed by atoms with Gasteiger partial charge in [-0.3, -0.25) is 4.79 Å². The minimum Gasteiger partial charge on any atom is -0.497 e. The number of aromatic carboxylic acids is 1. The molecule has 1 unspecified atom stereocenters. The van der Waals surface area contributed by atoms with E-state index in [1.807, 2.05) is 6.92 Å². The molecule has 0 saturated carbocycles. The van der Waals surface area contributed by atoms with Crippen LogP contribution in [0.5, 0.6) is 5.75 Å². The van der Waals surface area contributed by atoms with Crippen LogP contribution < -0.4 is 15.8 Å². The maximum absolute atomic E-state index is 12.1. The number of carbonyl (C=O) groups excluding carboxylic acids is 1. The van der Waals surface area contributed by atoms with Crippen LogP contribution in [0.4, 0.5) is 5.69 Å². The van der Waals surface area contributed by atoms with E-state index in [2.05, 4.69) is 5.32 Å². The molecule has 20 heavy (non-hydrogen) atoms. The Kier molecular flexibility index (Phi) is 5.10. The van der Waals surface area contributed by atoms with Crippen molar-refractivity contribution in [3.8, 4) is 5.75 Å². The van der Waals surface area contributed by atoms with Crippen molar-refractivity contribution in [3.63, 3.8) is 0 Å². The molecule has 6 nitrogen and oxygen atoms in total. The highest BCUT2D eigenvalue weighted by Gasteiger charge is 2.28. The second kappa shape index (κ2) is 6.38. The van der Waals surface area contributed by atoms with Gasteiger partial charge in [-0.15, -0.1) is 0 Å². The van der Waals surface area contributed by atoms with Gasteiger partial charge in [0.1, 0.15) is 5.75 Å². The van der Waals surface area contributed by atoms with Gasteiger partial charge >= 0.3 is 5.97 Å². The topological polar surface area (TPSA) is 102 Å². The number of nitrogens with one attached hydrogen (secondary N) is 1. The first-order chi connectivity index (χ1) is 9.31. The van der Waals surface area contributed by atoms with E-state index < -0.39 is 17.4 Å². The lowest BCUT2D eigenvalue weighted by Gasteiger charge is -2.23. The number of hydrogen-bond donors (Lipinski definition) is 3. The zero-order valence-electron chi connectivity index (χ0n) is 11.9. The Balaban J connectivity index is 3.03. The lowest BCUT2D eigenvalue weighted by atomic mass is 9.96. The van der Waals surface area contributed by atoms with Crippen molar-refractivity contribution < 1.29 is 19.4 Å². The quantitative estimate of drug-likeness (QED) is 0.738. The number of methoxy groups -OCH3 is 1. The van der Waals surface area contributed by atoms with Crippen LogP contribution in [0.15, 0.2) is 18.2 Å². The number of hydrogen-bond acceptors (Lipinski definition) is 4. The fourth-order valence-electron chi connectivity index (χ4n) is 1.83. The zero-order chi connectivity index (χ0) is 15.3. The van der Waals surface area contributed by atoms with Gasteiger partial charge in [0.2, 0.25) is 5.91 Å². The molecule has 0 fully saturated rings. The summed E-state index contributed by atoms with van der Waals surface area (Å²) in [4.78, 5) is 23.3. The van der Waals surface area contributed by atoms with Crippen molar-refractivity contribution in [1.29, 1.82) is 0 Å². The predicted molar refractivity (Wildman–Crippen MR) is 76.1 cm³/mol. The molecular formula is C14H20N2O4. The van der Waals surface area contributed by atoms with E-state index in [4.69, 9.17) is 15.6 Å². The molecule has 0 aliphatic carbocycles. The van der Waals surface area contributed by atoms with Crippen LogP contribution >= 0.6 is 0 Å². The van der Waals surface area contributed by atoms with E-state index >= 15 is 0 Å². The van der Waals surface area contributed by atoms with E-state index in [1.165, 1.54) is 19.2 Å². The van der Waals surface area contributed by atoms with Crippen LogP contribution in [-0.2, 0) is 4.79 Å².